The fourth-order valence-electron chi connectivity index (χ4n) is 3.05. The van der Waals surface area contributed by atoms with Crippen molar-refractivity contribution >= 4 is 5.91 Å². The number of carbonyl (C=O) groups is 1. The molecule has 1 amide bonds. The second kappa shape index (κ2) is 3.32. The van der Waals surface area contributed by atoms with Gasteiger partial charge in [0.1, 0.15) is 0 Å². The van der Waals surface area contributed by atoms with Crippen LogP contribution in [0.1, 0.15) is 29.2 Å². The van der Waals surface area contributed by atoms with Gasteiger partial charge in [0.25, 0.3) is 0 Å². The van der Waals surface area contributed by atoms with Gasteiger partial charge in [-0.3, -0.25) is 4.79 Å². The number of hydrogen-bond acceptors (Lipinski definition) is 2. The lowest BCUT2D eigenvalue weighted by Gasteiger charge is -2.34. The van der Waals surface area contributed by atoms with E-state index in [4.69, 9.17) is 5.73 Å². The Balaban J connectivity index is 2.12. The van der Waals surface area contributed by atoms with Gasteiger partial charge in [0.05, 0.1) is 6.04 Å². The van der Waals surface area contributed by atoms with Crippen LogP contribution in [0.4, 0.5) is 0 Å². The molecule has 1 fully saturated rings. The summed E-state index contributed by atoms with van der Waals surface area (Å²) in [7, 11) is 0. The molecule has 1 aromatic carbocycles. The third-order valence-corrected chi connectivity index (χ3v) is 3.84. The summed E-state index contributed by atoms with van der Waals surface area (Å²) in [5.41, 5.74) is 10.1. The lowest BCUT2D eigenvalue weighted by Crippen LogP contribution is -2.38. The van der Waals surface area contributed by atoms with Crippen molar-refractivity contribution in [2.45, 2.75) is 31.8 Å². The van der Waals surface area contributed by atoms with Gasteiger partial charge >= 0.3 is 0 Å². The van der Waals surface area contributed by atoms with Crippen LogP contribution in [-0.4, -0.2) is 23.4 Å². The Morgan fingerprint density at radius 1 is 1.44 bits per heavy atom. The van der Waals surface area contributed by atoms with E-state index in [1.54, 1.807) is 0 Å². The number of nitrogens with zero attached hydrogens (tertiary/aromatic N) is 1. The molecule has 0 spiro atoms. The number of fused-ring (bicyclic) bond motifs is 3. The lowest BCUT2D eigenvalue weighted by molar-refractivity contribution is -0.129. The average Bonchev–Trinajstić information content (AvgIpc) is 2.55. The summed E-state index contributed by atoms with van der Waals surface area (Å²) in [6.07, 6.45) is 1.47. The highest BCUT2D eigenvalue weighted by molar-refractivity contribution is 5.81. The van der Waals surface area contributed by atoms with Crippen LogP contribution < -0.4 is 5.73 Å². The van der Waals surface area contributed by atoms with Crippen LogP contribution in [0, 0.1) is 6.92 Å². The Morgan fingerprint density at radius 2 is 2.25 bits per heavy atom. The maximum absolute atomic E-state index is 11.8. The van der Waals surface area contributed by atoms with E-state index in [1.807, 2.05) is 4.90 Å². The molecule has 0 saturated carbocycles. The molecule has 2 aliphatic rings. The molecule has 2 aliphatic heterocycles. The Morgan fingerprint density at radius 3 is 3.06 bits per heavy atom. The largest absolute Gasteiger partial charge is 0.334 e. The van der Waals surface area contributed by atoms with Crippen molar-refractivity contribution in [2.24, 2.45) is 5.73 Å². The zero-order valence-corrected chi connectivity index (χ0v) is 9.44. The normalized spacial score (nSPS) is 27.9. The molecule has 0 radical (unpaired) electrons. The van der Waals surface area contributed by atoms with E-state index in [0.717, 1.165) is 13.0 Å². The third-order valence-electron chi connectivity index (χ3n) is 3.84. The molecular formula is C13H16N2O. The first kappa shape index (κ1) is 9.85. The Kier molecular flexibility index (Phi) is 2.04. The fourth-order valence-corrected chi connectivity index (χ4v) is 3.05. The quantitative estimate of drug-likeness (QED) is 0.707. The van der Waals surface area contributed by atoms with Crippen molar-refractivity contribution in [1.29, 1.82) is 0 Å². The minimum absolute atomic E-state index is 0.0339. The summed E-state index contributed by atoms with van der Waals surface area (Å²) in [6, 6.07) is 6.41. The molecule has 2 atom stereocenters. The molecule has 0 aliphatic carbocycles. The molecule has 0 bridgehead atoms. The van der Waals surface area contributed by atoms with Crippen molar-refractivity contribution in [3.8, 4) is 0 Å². The maximum Gasteiger partial charge on any atom is 0.224 e. The minimum Gasteiger partial charge on any atom is -0.334 e. The average molecular weight is 216 g/mol. The van der Waals surface area contributed by atoms with Crippen LogP contribution in [0.2, 0.25) is 0 Å². The minimum atomic E-state index is -0.0339. The van der Waals surface area contributed by atoms with Gasteiger partial charge < -0.3 is 10.6 Å². The number of amides is 1. The van der Waals surface area contributed by atoms with Crippen molar-refractivity contribution in [3.63, 3.8) is 0 Å². The van der Waals surface area contributed by atoms with Crippen LogP contribution in [0.5, 0.6) is 0 Å². The van der Waals surface area contributed by atoms with Crippen LogP contribution in [0.3, 0.4) is 0 Å². The van der Waals surface area contributed by atoms with Gasteiger partial charge in [0.15, 0.2) is 0 Å². The van der Waals surface area contributed by atoms with Crippen LogP contribution in [0.25, 0.3) is 0 Å². The summed E-state index contributed by atoms with van der Waals surface area (Å²) in [5, 5.41) is 0. The van der Waals surface area contributed by atoms with Gasteiger partial charge in [0, 0.05) is 19.0 Å². The van der Waals surface area contributed by atoms with Gasteiger partial charge in [-0.15, -0.1) is 0 Å². The van der Waals surface area contributed by atoms with E-state index in [9.17, 15) is 4.79 Å². The standard InChI is InChI=1S/C13H16N2O/c1-8-3-2-4-10-9(8)5-6-15-12(16)7-11(14)13(10)15/h2-4,11,13H,5-7,14H2,1H3. The lowest BCUT2D eigenvalue weighted by atomic mass is 9.88. The smallest absolute Gasteiger partial charge is 0.224 e. The van der Waals surface area contributed by atoms with Crippen molar-refractivity contribution < 1.29 is 4.79 Å². The molecule has 2 heterocycles. The molecule has 2 N–H and O–H groups in total. The zero-order chi connectivity index (χ0) is 11.3. The van der Waals surface area contributed by atoms with Crippen LogP contribution >= 0.6 is 0 Å². The predicted octanol–water partition coefficient (Wildman–Crippen LogP) is 1.15. The molecule has 84 valence electrons. The zero-order valence-electron chi connectivity index (χ0n) is 9.44. The van der Waals surface area contributed by atoms with Crippen LogP contribution in [0.15, 0.2) is 18.2 Å². The maximum atomic E-state index is 11.8. The van der Waals surface area contributed by atoms with Crippen molar-refractivity contribution in [3.05, 3.63) is 34.9 Å². The first-order valence-corrected chi connectivity index (χ1v) is 5.82. The highest BCUT2D eigenvalue weighted by atomic mass is 16.2. The first-order valence-electron chi connectivity index (χ1n) is 5.82. The topological polar surface area (TPSA) is 46.3 Å². The summed E-state index contributed by atoms with van der Waals surface area (Å²) in [4.78, 5) is 13.7. The van der Waals surface area contributed by atoms with Crippen molar-refractivity contribution in [1.82, 2.24) is 4.90 Å². The molecule has 3 rings (SSSR count). The molecule has 16 heavy (non-hydrogen) atoms. The summed E-state index contributed by atoms with van der Waals surface area (Å²) in [6.45, 7) is 2.96. The van der Waals surface area contributed by atoms with E-state index in [2.05, 4.69) is 25.1 Å². The first-order chi connectivity index (χ1) is 7.68. The number of nitrogens with two attached hydrogens (primary N) is 1. The van der Waals surface area contributed by atoms with Gasteiger partial charge in [-0.05, 0) is 30.0 Å². The number of benzene rings is 1. The number of rotatable bonds is 0. The second-order valence-corrected chi connectivity index (χ2v) is 4.79. The highest BCUT2D eigenvalue weighted by Gasteiger charge is 2.41. The van der Waals surface area contributed by atoms with Gasteiger partial charge in [-0.25, -0.2) is 0 Å². The van der Waals surface area contributed by atoms with Gasteiger partial charge in [-0.2, -0.15) is 0 Å². The summed E-state index contributed by atoms with van der Waals surface area (Å²) < 4.78 is 0. The Hall–Kier alpha value is -1.35. The van der Waals surface area contributed by atoms with Gasteiger partial charge in [0.2, 0.25) is 5.91 Å². The molecular weight excluding hydrogens is 200 g/mol. The van der Waals surface area contributed by atoms with E-state index in [-0.39, 0.29) is 18.0 Å². The summed E-state index contributed by atoms with van der Waals surface area (Å²) in [5.74, 6) is 0.213. The van der Waals surface area contributed by atoms with E-state index < -0.39 is 0 Å². The molecule has 3 nitrogen and oxygen atoms in total. The van der Waals surface area contributed by atoms with Crippen LogP contribution in [-0.2, 0) is 11.2 Å². The number of hydrogen-bond donors (Lipinski definition) is 1. The molecule has 1 saturated heterocycles. The molecule has 1 aromatic rings. The van der Waals surface area contributed by atoms with Crippen molar-refractivity contribution in [2.75, 3.05) is 6.54 Å². The molecule has 0 aromatic heterocycles. The van der Waals surface area contributed by atoms with E-state index >= 15 is 0 Å². The Bertz CT molecular complexity index is 455. The highest BCUT2D eigenvalue weighted by Crippen LogP contribution is 2.38. The monoisotopic (exact) mass is 216 g/mol. The van der Waals surface area contributed by atoms with E-state index in [1.165, 1.54) is 16.7 Å². The second-order valence-electron chi connectivity index (χ2n) is 4.79. The molecule has 2 unspecified atom stereocenters. The SMILES string of the molecule is Cc1cccc2c1CCN1C(=O)CC(N)C21. The van der Waals surface area contributed by atoms with E-state index in [0.29, 0.717) is 6.42 Å². The third kappa shape index (κ3) is 1.21. The van der Waals surface area contributed by atoms with Gasteiger partial charge in [-0.1, -0.05) is 18.2 Å². The number of carbonyl (C=O) groups excluding carboxylic acids is 1. The molecule has 3 heteroatoms. The number of aryl methyl sites for hydroxylation is 1. The Labute approximate surface area is 95.2 Å². The fraction of sp³-hybridized carbons (Fsp3) is 0.462. The predicted molar refractivity (Wildman–Crippen MR) is 61.9 cm³/mol. The summed E-state index contributed by atoms with van der Waals surface area (Å²) >= 11 is 0.